The molecule has 0 N–H and O–H groups in total. The monoisotopic (exact) mass is 516 g/mol. The molecule has 0 bridgehead atoms. The van der Waals surface area contributed by atoms with E-state index in [4.69, 9.17) is 0 Å². The summed E-state index contributed by atoms with van der Waals surface area (Å²) in [6.07, 6.45) is 4.37. The van der Waals surface area contributed by atoms with Gasteiger partial charge in [0, 0.05) is 39.8 Å². The van der Waals surface area contributed by atoms with Crippen molar-refractivity contribution in [1.82, 2.24) is 0 Å². The first kappa shape index (κ1) is 21.1. The standard InChI is InChI=1S/C24H21BrS4/c1-5-16(10-13(2)26)23-22(18-11-14(3)27-15(18)4)24-21(29-23)12-20(28-24)17-8-6-7-9-19(17)25/h5-12,26H,1-4H3/b13-10-,16-5-. The third kappa shape index (κ3) is 4.08. The molecule has 0 aliphatic rings. The fourth-order valence-electron chi connectivity index (χ4n) is 3.51. The van der Waals surface area contributed by atoms with Crippen LogP contribution in [0.25, 0.3) is 36.5 Å². The van der Waals surface area contributed by atoms with Crippen LogP contribution in [0.2, 0.25) is 0 Å². The average Bonchev–Trinajstić information content (AvgIpc) is 3.31. The molecule has 0 spiro atoms. The van der Waals surface area contributed by atoms with Crippen LogP contribution in [0.4, 0.5) is 0 Å². The van der Waals surface area contributed by atoms with Crippen molar-refractivity contribution in [2.75, 3.05) is 0 Å². The first-order valence-electron chi connectivity index (χ1n) is 9.31. The molecular weight excluding hydrogens is 496 g/mol. The highest BCUT2D eigenvalue weighted by Gasteiger charge is 2.22. The second kappa shape index (κ2) is 8.56. The lowest BCUT2D eigenvalue weighted by atomic mass is 10.0. The summed E-state index contributed by atoms with van der Waals surface area (Å²) in [5, 5.41) is 0. The summed E-state index contributed by atoms with van der Waals surface area (Å²) in [5.41, 5.74) is 5.23. The summed E-state index contributed by atoms with van der Waals surface area (Å²) in [4.78, 5) is 6.39. The molecule has 1 aromatic carbocycles. The Bertz CT molecular complexity index is 1260. The van der Waals surface area contributed by atoms with E-state index in [0.29, 0.717) is 0 Å². The molecule has 0 saturated heterocycles. The maximum Gasteiger partial charge on any atom is 0.0542 e. The van der Waals surface area contributed by atoms with Gasteiger partial charge in [0.2, 0.25) is 0 Å². The summed E-state index contributed by atoms with van der Waals surface area (Å²) in [6.45, 7) is 8.57. The van der Waals surface area contributed by atoms with Gasteiger partial charge in [-0.15, -0.1) is 46.6 Å². The van der Waals surface area contributed by atoms with Gasteiger partial charge in [-0.25, -0.2) is 0 Å². The van der Waals surface area contributed by atoms with Gasteiger partial charge in [-0.3, -0.25) is 0 Å². The van der Waals surface area contributed by atoms with Crippen molar-refractivity contribution in [2.24, 2.45) is 0 Å². The summed E-state index contributed by atoms with van der Waals surface area (Å²) >= 11 is 13.9. The highest BCUT2D eigenvalue weighted by atomic mass is 79.9. The van der Waals surface area contributed by atoms with Crippen LogP contribution in [0.3, 0.4) is 0 Å². The number of fused-ring (bicyclic) bond motifs is 1. The summed E-state index contributed by atoms with van der Waals surface area (Å²) < 4.78 is 3.86. The number of hydrogen-bond acceptors (Lipinski definition) is 4. The van der Waals surface area contributed by atoms with Gasteiger partial charge in [0.25, 0.3) is 0 Å². The molecule has 0 saturated carbocycles. The lowest BCUT2D eigenvalue weighted by Crippen LogP contribution is -1.83. The van der Waals surface area contributed by atoms with Gasteiger partial charge in [0.05, 0.1) is 4.70 Å². The van der Waals surface area contributed by atoms with Crippen molar-refractivity contribution in [3.8, 4) is 21.6 Å². The molecule has 0 aliphatic carbocycles. The maximum atomic E-state index is 4.54. The quantitative estimate of drug-likeness (QED) is 0.202. The van der Waals surface area contributed by atoms with E-state index in [0.717, 1.165) is 9.38 Å². The van der Waals surface area contributed by atoms with Crippen LogP contribution in [-0.2, 0) is 0 Å². The highest BCUT2D eigenvalue weighted by Crippen LogP contribution is 2.50. The van der Waals surface area contributed by atoms with Crippen molar-refractivity contribution in [3.05, 3.63) is 72.6 Å². The van der Waals surface area contributed by atoms with E-state index in [1.54, 1.807) is 0 Å². The van der Waals surface area contributed by atoms with Crippen molar-refractivity contribution >= 4 is 77.5 Å². The Hall–Kier alpha value is -1.11. The normalized spacial score (nSPS) is 12.9. The molecular formula is C24H21BrS4. The van der Waals surface area contributed by atoms with Crippen LogP contribution >= 0.6 is 62.6 Å². The summed E-state index contributed by atoms with van der Waals surface area (Å²) in [5.74, 6) is 0. The van der Waals surface area contributed by atoms with Crippen LogP contribution in [0.5, 0.6) is 0 Å². The lowest BCUT2D eigenvalue weighted by molar-refractivity contribution is 1.59. The predicted octanol–water partition coefficient (Wildman–Crippen LogP) is 9.97. The van der Waals surface area contributed by atoms with E-state index in [2.05, 4.69) is 97.9 Å². The van der Waals surface area contributed by atoms with Crippen LogP contribution in [-0.4, -0.2) is 0 Å². The molecule has 0 amide bonds. The summed E-state index contributed by atoms with van der Waals surface area (Å²) in [7, 11) is 0. The maximum absolute atomic E-state index is 4.54. The molecule has 5 heteroatoms. The number of hydrogen-bond donors (Lipinski definition) is 1. The predicted molar refractivity (Wildman–Crippen MR) is 142 cm³/mol. The molecule has 0 radical (unpaired) electrons. The minimum atomic E-state index is 1.02. The molecule has 0 fully saturated rings. The van der Waals surface area contributed by atoms with Crippen LogP contribution in [0.15, 0.2) is 57.9 Å². The Balaban J connectivity index is 2.01. The average molecular weight is 518 g/mol. The molecule has 29 heavy (non-hydrogen) atoms. The van der Waals surface area contributed by atoms with E-state index in [-0.39, 0.29) is 0 Å². The number of allylic oxidation sites excluding steroid dienone is 4. The van der Waals surface area contributed by atoms with Crippen molar-refractivity contribution in [1.29, 1.82) is 0 Å². The molecule has 4 rings (SSSR count). The first-order valence-corrected chi connectivity index (χ1v) is 13.0. The van der Waals surface area contributed by atoms with Crippen molar-refractivity contribution in [3.63, 3.8) is 0 Å². The Morgan fingerprint density at radius 1 is 1.03 bits per heavy atom. The van der Waals surface area contributed by atoms with E-state index < -0.39 is 0 Å². The zero-order chi connectivity index (χ0) is 20.7. The van der Waals surface area contributed by atoms with Crippen LogP contribution in [0, 0.1) is 13.8 Å². The molecule has 3 aromatic heterocycles. The minimum absolute atomic E-state index is 1.02. The van der Waals surface area contributed by atoms with E-state index >= 15 is 0 Å². The molecule has 0 aliphatic heterocycles. The second-order valence-corrected chi connectivity index (χ2v) is 12.1. The minimum Gasteiger partial charge on any atom is -0.148 e. The fraction of sp³-hybridized carbons (Fsp3) is 0.167. The van der Waals surface area contributed by atoms with Gasteiger partial charge in [-0.05, 0) is 68.0 Å². The fourth-order valence-corrected chi connectivity index (χ4v) is 7.96. The number of thiophene rings is 3. The third-order valence-electron chi connectivity index (χ3n) is 4.75. The van der Waals surface area contributed by atoms with Crippen molar-refractivity contribution < 1.29 is 0 Å². The number of rotatable bonds is 4. The second-order valence-electron chi connectivity index (χ2n) is 6.95. The molecule has 0 unspecified atom stereocenters. The number of thiol groups is 1. The van der Waals surface area contributed by atoms with E-state index in [1.807, 2.05) is 40.9 Å². The number of halogens is 1. The van der Waals surface area contributed by atoms with Gasteiger partial charge in [0.1, 0.15) is 0 Å². The van der Waals surface area contributed by atoms with Gasteiger partial charge >= 0.3 is 0 Å². The largest absolute Gasteiger partial charge is 0.148 e. The van der Waals surface area contributed by atoms with Gasteiger partial charge < -0.3 is 0 Å². The zero-order valence-corrected chi connectivity index (χ0v) is 21.6. The molecule has 4 aromatic rings. The Morgan fingerprint density at radius 2 is 1.79 bits per heavy atom. The Morgan fingerprint density at radius 3 is 2.41 bits per heavy atom. The van der Waals surface area contributed by atoms with Gasteiger partial charge in [-0.1, -0.05) is 40.2 Å². The Kier molecular flexibility index (Phi) is 6.24. The topological polar surface area (TPSA) is 0 Å². The number of aryl methyl sites for hydroxylation is 2. The van der Waals surface area contributed by atoms with Gasteiger partial charge in [-0.2, -0.15) is 0 Å². The molecule has 148 valence electrons. The zero-order valence-electron chi connectivity index (χ0n) is 16.7. The smallest absolute Gasteiger partial charge is 0.0542 e. The van der Waals surface area contributed by atoms with Gasteiger partial charge in [0.15, 0.2) is 0 Å². The lowest BCUT2D eigenvalue weighted by Gasteiger charge is -2.07. The van der Waals surface area contributed by atoms with E-state index in [9.17, 15) is 0 Å². The first-order chi connectivity index (χ1) is 13.9. The molecule has 3 heterocycles. The summed E-state index contributed by atoms with van der Waals surface area (Å²) in [6, 6.07) is 13.1. The van der Waals surface area contributed by atoms with Crippen LogP contribution < -0.4 is 0 Å². The highest BCUT2D eigenvalue weighted by molar-refractivity contribution is 9.10. The third-order valence-corrected chi connectivity index (χ3v) is 9.04. The molecule has 0 atom stereocenters. The van der Waals surface area contributed by atoms with Crippen molar-refractivity contribution in [2.45, 2.75) is 27.7 Å². The molecule has 0 nitrogen and oxygen atoms in total. The van der Waals surface area contributed by atoms with E-state index in [1.165, 1.54) is 51.2 Å². The Labute approximate surface area is 198 Å². The van der Waals surface area contributed by atoms with Crippen LogP contribution in [0.1, 0.15) is 28.5 Å². The number of benzene rings is 1. The SMILES string of the molecule is C/C=C(/C=C(/C)S)c1sc2cc(-c3ccccc3Br)sc2c1-c1cc(C)sc1C.